The highest BCUT2D eigenvalue weighted by Crippen LogP contribution is 2.23. The van der Waals surface area contributed by atoms with Gasteiger partial charge >= 0.3 is 6.36 Å². The maximum Gasteiger partial charge on any atom is 0.573 e. The van der Waals surface area contributed by atoms with Crippen LogP contribution in [0.1, 0.15) is 16.7 Å². The summed E-state index contributed by atoms with van der Waals surface area (Å²) < 4.78 is 40.2. The van der Waals surface area contributed by atoms with Crippen LogP contribution in [0.4, 0.5) is 13.2 Å². The van der Waals surface area contributed by atoms with Gasteiger partial charge in [-0.05, 0) is 36.3 Å². The van der Waals surface area contributed by atoms with Crippen LogP contribution in [0, 0.1) is 6.92 Å². The smallest absolute Gasteiger partial charge is 0.406 e. The fourth-order valence-corrected chi connectivity index (χ4v) is 2.12. The summed E-state index contributed by atoms with van der Waals surface area (Å²) in [5.74, 6) is -0.485. The molecule has 0 aliphatic rings. The number of hydrogen-bond acceptors (Lipinski definition) is 2. The predicted molar refractivity (Wildman–Crippen MR) is 89.8 cm³/mol. The fraction of sp³-hybridized carbons (Fsp3) is 0.211. The second-order valence-electron chi connectivity index (χ2n) is 5.63. The zero-order valence-corrected chi connectivity index (χ0v) is 13.9. The Hall–Kier alpha value is -2.76. The Bertz CT molecular complexity index is 735. The molecule has 0 bridgehead atoms. The molecule has 1 amide bonds. The van der Waals surface area contributed by atoms with E-state index in [4.69, 9.17) is 0 Å². The highest BCUT2D eigenvalue weighted by molar-refractivity contribution is 5.91. The minimum absolute atomic E-state index is 0.198. The van der Waals surface area contributed by atoms with Gasteiger partial charge in [-0.1, -0.05) is 42.0 Å². The lowest BCUT2D eigenvalue weighted by Crippen LogP contribution is -2.24. The number of amides is 1. The molecule has 0 heterocycles. The van der Waals surface area contributed by atoms with Crippen LogP contribution in [0.25, 0.3) is 6.08 Å². The zero-order chi connectivity index (χ0) is 18.4. The Balaban J connectivity index is 1.93. The lowest BCUT2D eigenvalue weighted by molar-refractivity contribution is -0.274. The van der Waals surface area contributed by atoms with E-state index in [1.807, 2.05) is 31.2 Å². The molecule has 0 aliphatic carbocycles. The summed E-state index contributed by atoms with van der Waals surface area (Å²) in [4.78, 5) is 13.6. The largest absolute Gasteiger partial charge is 0.573 e. The van der Waals surface area contributed by atoms with Crippen molar-refractivity contribution in [3.05, 3.63) is 71.3 Å². The number of ether oxygens (including phenoxy) is 1. The highest BCUT2D eigenvalue weighted by atomic mass is 19.4. The first kappa shape index (κ1) is 18.6. The number of carbonyl (C=O) groups excluding carboxylic acids is 1. The second kappa shape index (κ2) is 7.88. The summed E-state index contributed by atoms with van der Waals surface area (Å²) in [6, 6.07) is 13.2. The van der Waals surface area contributed by atoms with Crippen LogP contribution >= 0.6 is 0 Å². The maximum absolute atomic E-state index is 12.1. The van der Waals surface area contributed by atoms with Crippen molar-refractivity contribution in [3.63, 3.8) is 0 Å². The summed E-state index contributed by atoms with van der Waals surface area (Å²) >= 11 is 0. The summed E-state index contributed by atoms with van der Waals surface area (Å²) in [7, 11) is 1.63. The van der Waals surface area contributed by atoms with Gasteiger partial charge in [0.05, 0.1) is 0 Å². The van der Waals surface area contributed by atoms with E-state index in [2.05, 4.69) is 4.74 Å². The Morgan fingerprint density at radius 2 is 1.68 bits per heavy atom. The summed E-state index contributed by atoms with van der Waals surface area (Å²) in [5.41, 5.74) is 2.76. The van der Waals surface area contributed by atoms with Gasteiger partial charge in [0.25, 0.3) is 0 Å². The van der Waals surface area contributed by atoms with Crippen LogP contribution in [0.3, 0.4) is 0 Å². The lowest BCUT2D eigenvalue weighted by Gasteiger charge is -2.16. The third kappa shape index (κ3) is 6.33. The van der Waals surface area contributed by atoms with Crippen molar-refractivity contribution in [2.75, 3.05) is 7.05 Å². The normalized spacial score (nSPS) is 11.6. The number of hydrogen-bond donors (Lipinski definition) is 0. The van der Waals surface area contributed by atoms with Crippen molar-refractivity contribution in [3.8, 4) is 5.75 Å². The number of halogens is 3. The van der Waals surface area contributed by atoms with Crippen LogP contribution < -0.4 is 4.74 Å². The number of benzene rings is 2. The number of aryl methyl sites for hydroxylation is 1. The minimum Gasteiger partial charge on any atom is -0.406 e. The predicted octanol–water partition coefficient (Wildman–Crippen LogP) is 4.57. The number of nitrogens with zero attached hydrogens (tertiary/aromatic N) is 1. The molecule has 0 aromatic heterocycles. The van der Waals surface area contributed by atoms with E-state index < -0.39 is 6.36 Å². The fourth-order valence-electron chi connectivity index (χ4n) is 2.12. The van der Waals surface area contributed by atoms with Crippen molar-refractivity contribution < 1.29 is 22.7 Å². The van der Waals surface area contributed by atoms with Gasteiger partial charge in [0, 0.05) is 19.7 Å². The van der Waals surface area contributed by atoms with E-state index in [1.54, 1.807) is 13.1 Å². The van der Waals surface area contributed by atoms with Crippen LogP contribution in [-0.4, -0.2) is 24.2 Å². The number of carbonyl (C=O) groups is 1. The number of rotatable bonds is 5. The molecule has 0 saturated carbocycles. The summed E-state index contributed by atoms with van der Waals surface area (Å²) in [6.45, 7) is 2.26. The molecule has 0 aliphatic heterocycles. The maximum atomic E-state index is 12.1. The first-order chi connectivity index (χ1) is 11.7. The van der Waals surface area contributed by atoms with Crippen molar-refractivity contribution in [1.29, 1.82) is 0 Å². The van der Waals surface area contributed by atoms with E-state index in [0.29, 0.717) is 5.56 Å². The Morgan fingerprint density at radius 1 is 1.08 bits per heavy atom. The molecule has 2 aromatic rings. The third-order valence-electron chi connectivity index (χ3n) is 3.45. The molecular weight excluding hydrogens is 331 g/mol. The average Bonchev–Trinajstić information content (AvgIpc) is 2.54. The second-order valence-corrected chi connectivity index (χ2v) is 5.63. The molecule has 2 rings (SSSR count). The third-order valence-corrected chi connectivity index (χ3v) is 3.45. The van der Waals surface area contributed by atoms with Gasteiger partial charge in [-0.2, -0.15) is 0 Å². The molecule has 0 unspecified atom stereocenters. The number of likely N-dealkylation sites (N-methyl/N-ethyl adjacent to an activating group) is 1. The van der Waals surface area contributed by atoms with Gasteiger partial charge in [0.2, 0.25) is 5.91 Å². The van der Waals surface area contributed by atoms with Gasteiger partial charge in [-0.15, -0.1) is 13.2 Å². The Kier molecular flexibility index (Phi) is 5.85. The molecule has 2 aromatic carbocycles. The average molecular weight is 349 g/mol. The molecule has 0 saturated heterocycles. The van der Waals surface area contributed by atoms with E-state index in [-0.39, 0.29) is 18.2 Å². The monoisotopic (exact) mass is 349 g/mol. The van der Waals surface area contributed by atoms with Crippen LogP contribution in [0.5, 0.6) is 5.75 Å². The number of alkyl halides is 3. The molecule has 25 heavy (non-hydrogen) atoms. The Labute approximate surface area is 144 Å². The van der Waals surface area contributed by atoms with E-state index in [1.165, 1.54) is 35.2 Å². The van der Waals surface area contributed by atoms with Crippen molar-refractivity contribution in [2.24, 2.45) is 0 Å². The summed E-state index contributed by atoms with van der Waals surface area (Å²) in [6.07, 6.45) is -1.53. The van der Waals surface area contributed by atoms with Crippen LogP contribution in [-0.2, 0) is 11.3 Å². The molecule has 3 nitrogen and oxygen atoms in total. The van der Waals surface area contributed by atoms with Crippen LogP contribution in [0.2, 0.25) is 0 Å². The first-order valence-electron chi connectivity index (χ1n) is 7.57. The molecule has 0 spiro atoms. The molecule has 0 atom stereocenters. The zero-order valence-electron chi connectivity index (χ0n) is 13.9. The van der Waals surface area contributed by atoms with E-state index in [9.17, 15) is 18.0 Å². The van der Waals surface area contributed by atoms with Gasteiger partial charge in [0.1, 0.15) is 5.75 Å². The van der Waals surface area contributed by atoms with Gasteiger partial charge < -0.3 is 9.64 Å². The van der Waals surface area contributed by atoms with Gasteiger partial charge in [-0.25, -0.2) is 0 Å². The SMILES string of the molecule is Cc1ccc(/C=C/C(=O)N(C)Cc2ccc(OC(F)(F)F)cc2)cc1. The minimum atomic E-state index is -4.71. The molecule has 0 N–H and O–H groups in total. The molecule has 0 radical (unpaired) electrons. The highest BCUT2D eigenvalue weighted by Gasteiger charge is 2.30. The quantitative estimate of drug-likeness (QED) is 0.741. The summed E-state index contributed by atoms with van der Waals surface area (Å²) in [5, 5.41) is 0. The molecule has 0 fully saturated rings. The molecular formula is C19H18F3NO2. The van der Waals surface area contributed by atoms with Gasteiger partial charge in [0.15, 0.2) is 0 Å². The lowest BCUT2D eigenvalue weighted by atomic mass is 10.1. The molecule has 132 valence electrons. The van der Waals surface area contributed by atoms with Crippen molar-refractivity contribution >= 4 is 12.0 Å². The van der Waals surface area contributed by atoms with Crippen molar-refractivity contribution in [2.45, 2.75) is 19.8 Å². The molecule has 6 heteroatoms. The van der Waals surface area contributed by atoms with Crippen molar-refractivity contribution in [1.82, 2.24) is 4.90 Å². The van der Waals surface area contributed by atoms with Gasteiger partial charge in [-0.3, -0.25) is 4.79 Å². The standard InChI is InChI=1S/C19H18F3NO2/c1-14-3-5-15(6-4-14)9-12-18(24)23(2)13-16-7-10-17(11-8-16)25-19(20,21)22/h3-12H,13H2,1-2H3/b12-9+. The topological polar surface area (TPSA) is 29.5 Å². The van der Waals surface area contributed by atoms with E-state index in [0.717, 1.165) is 11.1 Å². The van der Waals surface area contributed by atoms with E-state index >= 15 is 0 Å². The van der Waals surface area contributed by atoms with Crippen LogP contribution in [0.15, 0.2) is 54.6 Å². The Morgan fingerprint density at radius 3 is 2.24 bits per heavy atom. The first-order valence-corrected chi connectivity index (χ1v) is 7.57.